The first kappa shape index (κ1) is 23.3. The number of hydrogen-bond acceptors (Lipinski definition) is 7. The molecule has 176 valence electrons. The highest BCUT2D eigenvalue weighted by atomic mass is 16.5. The number of piperazine rings is 1. The van der Waals surface area contributed by atoms with Crippen LogP contribution in [0.25, 0.3) is 10.9 Å². The van der Waals surface area contributed by atoms with Crippen molar-refractivity contribution in [2.45, 2.75) is 33.7 Å². The van der Waals surface area contributed by atoms with Crippen LogP contribution < -0.4 is 15.0 Å². The van der Waals surface area contributed by atoms with Crippen molar-refractivity contribution in [3.8, 4) is 11.8 Å². The van der Waals surface area contributed by atoms with Gasteiger partial charge in [0, 0.05) is 44.6 Å². The lowest BCUT2D eigenvalue weighted by Gasteiger charge is -2.36. The molecule has 1 aromatic heterocycles. The summed E-state index contributed by atoms with van der Waals surface area (Å²) < 4.78 is 5.72. The lowest BCUT2D eigenvalue weighted by atomic mass is 9.98. The van der Waals surface area contributed by atoms with Gasteiger partial charge in [0.15, 0.2) is 0 Å². The molecule has 1 atom stereocenters. The summed E-state index contributed by atoms with van der Waals surface area (Å²) in [6.07, 6.45) is 0. The first-order valence-electron chi connectivity index (χ1n) is 11.5. The van der Waals surface area contributed by atoms with Gasteiger partial charge in [0.2, 0.25) is 5.91 Å². The summed E-state index contributed by atoms with van der Waals surface area (Å²) in [6.45, 7) is 10.3. The maximum absolute atomic E-state index is 11.7. The standard InChI is InChI=1S/C26H30N6O2/c1-16-20(15-27)7-6-8-21(16)17(2)28-26-22-13-24(32-11-9-31(10-12-32)19(4)33)25(34-5)14-23(22)29-18(3)30-26/h6-8,13-14,17H,9-12H2,1-5H3,(H,28,29,30). The molecule has 0 radical (unpaired) electrons. The molecule has 2 heterocycles. The smallest absolute Gasteiger partial charge is 0.219 e. The Balaban J connectivity index is 1.72. The first-order chi connectivity index (χ1) is 16.3. The molecule has 1 N–H and O–H groups in total. The number of fused-ring (bicyclic) bond motifs is 1. The summed E-state index contributed by atoms with van der Waals surface area (Å²) in [5.74, 6) is 2.25. The average Bonchev–Trinajstić information content (AvgIpc) is 2.83. The van der Waals surface area contributed by atoms with E-state index in [0.717, 1.165) is 52.4 Å². The second kappa shape index (κ2) is 9.56. The second-order valence-corrected chi connectivity index (χ2v) is 8.65. The predicted octanol–water partition coefficient (Wildman–Crippen LogP) is 3.97. The van der Waals surface area contributed by atoms with Crippen molar-refractivity contribution in [2.75, 3.05) is 43.5 Å². The Bertz CT molecular complexity index is 1270. The quantitative estimate of drug-likeness (QED) is 0.618. The molecule has 0 bridgehead atoms. The van der Waals surface area contributed by atoms with E-state index in [1.807, 2.05) is 43.0 Å². The Hall–Kier alpha value is -3.86. The van der Waals surface area contributed by atoms with E-state index in [1.165, 1.54) is 0 Å². The molecular weight excluding hydrogens is 428 g/mol. The number of anilines is 2. The molecule has 1 amide bonds. The van der Waals surface area contributed by atoms with E-state index in [0.29, 0.717) is 24.5 Å². The first-order valence-corrected chi connectivity index (χ1v) is 11.5. The molecule has 1 fully saturated rings. The number of hydrogen-bond donors (Lipinski definition) is 1. The Morgan fingerprint density at radius 3 is 2.56 bits per heavy atom. The van der Waals surface area contributed by atoms with Crippen molar-refractivity contribution in [3.63, 3.8) is 0 Å². The van der Waals surface area contributed by atoms with E-state index in [9.17, 15) is 10.1 Å². The van der Waals surface area contributed by atoms with Gasteiger partial charge in [-0.15, -0.1) is 0 Å². The van der Waals surface area contributed by atoms with Gasteiger partial charge in [0.05, 0.1) is 36.0 Å². The maximum atomic E-state index is 11.7. The number of benzene rings is 2. The van der Waals surface area contributed by atoms with Gasteiger partial charge in [-0.05, 0) is 44.0 Å². The van der Waals surface area contributed by atoms with Crippen LogP contribution in [-0.4, -0.2) is 54.1 Å². The highest BCUT2D eigenvalue weighted by molar-refractivity contribution is 5.94. The Labute approximate surface area is 200 Å². The van der Waals surface area contributed by atoms with Gasteiger partial charge < -0.3 is 19.9 Å². The van der Waals surface area contributed by atoms with Crippen molar-refractivity contribution >= 4 is 28.3 Å². The van der Waals surface area contributed by atoms with Gasteiger partial charge >= 0.3 is 0 Å². The van der Waals surface area contributed by atoms with Gasteiger partial charge in [-0.2, -0.15) is 5.26 Å². The molecule has 1 unspecified atom stereocenters. The van der Waals surface area contributed by atoms with E-state index in [2.05, 4.69) is 34.3 Å². The number of nitrogens with one attached hydrogen (secondary N) is 1. The molecule has 3 aromatic rings. The van der Waals surface area contributed by atoms with Crippen molar-refractivity contribution in [3.05, 3.63) is 52.8 Å². The fourth-order valence-electron chi connectivity index (χ4n) is 4.57. The molecule has 34 heavy (non-hydrogen) atoms. The van der Waals surface area contributed by atoms with Crippen LogP contribution in [0.5, 0.6) is 5.75 Å². The molecule has 1 aliphatic rings. The van der Waals surface area contributed by atoms with Gasteiger partial charge in [-0.1, -0.05) is 12.1 Å². The lowest BCUT2D eigenvalue weighted by molar-refractivity contribution is -0.129. The number of rotatable bonds is 5. The predicted molar refractivity (Wildman–Crippen MR) is 133 cm³/mol. The van der Waals surface area contributed by atoms with Crippen LogP contribution in [-0.2, 0) is 4.79 Å². The van der Waals surface area contributed by atoms with Crippen LogP contribution in [0.3, 0.4) is 0 Å². The molecule has 2 aromatic carbocycles. The number of methoxy groups -OCH3 is 1. The van der Waals surface area contributed by atoms with Crippen LogP contribution in [0.1, 0.15) is 42.4 Å². The molecule has 4 rings (SSSR count). The van der Waals surface area contributed by atoms with Crippen molar-refractivity contribution in [1.29, 1.82) is 5.26 Å². The van der Waals surface area contributed by atoms with Crippen LogP contribution in [0, 0.1) is 25.2 Å². The minimum atomic E-state index is -0.0598. The highest BCUT2D eigenvalue weighted by Gasteiger charge is 2.23. The minimum absolute atomic E-state index is 0.0598. The molecule has 0 aliphatic carbocycles. The second-order valence-electron chi connectivity index (χ2n) is 8.65. The number of carbonyl (C=O) groups excluding carboxylic acids is 1. The zero-order valence-electron chi connectivity index (χ0n) is 20.3. The Morgan fingerprint density at radius 1 is 1.18 bits per heavy atom. The number of ether oxygens (including phenoxy) is 1. The van der Waals surface area contributed by atoms with E-state index >= 15 is 0 Å². The SMILES string of the molecule is COc1cc2nc(C)nc(NC(C)c3cccc(C#N)c3C)c2cc1N1CCN(C(C)=O)CC1. The van der Waals surface area contributed by atoms with Crippen LogP contribution in [0.2, 0.25) is 0 Å². The zero-order valence-corrected chi connectivity index (χ0v) is 20.3. The number of nitriles is 1. The van der Waals surface area contributed by atoms with Crippen LogP contribution >= 0.6 is 0 Å². The maximum Gasteiger partial charge on any atom is 0.219 e. The molecular formula is C26H30N6O2. The third kappa shape index (κ3) is 4.46. The van der Waals surface area contributed by atoms with Crippen LogP contribution in [0.4, 0.5) is 11.5 Å². The fraction of sp³-hybridized carbons (Fsp3) is 0.385. The zero-order chi connectivity index (χ0) is 24.4. The van der Waals surface area contributed by atoms with E-state index in [4.69, 9.17) is 9.72 Å². The lowest BCUT2D eigenvalue weighted by Crippen LogP contribution is -2.48. The van der Waals surface area contributed by atoms with E-state index < -0.39 is 0 Å². The Kier molecular flexibility index (Phi) is 6.55. The molecule has 0 saturated carbocycles. The third-order valence-electron chi connectivity index (χ3n) is 6.49. The number of amides is 1. The highest BCUT2D eigenvalue weighted by Crippen LogP contribution is 2.36. The third-order valence-corrected chi connectivity index (χ3v) is 6.49. The molecule has 8 heteroatoms. The minimum Gasteiger partial charge on any atom is -0.495 e. The molecule has 8 nitrogen and oxygen atoms in total. The molecule has 0 spiro atoms. The summed E-state index contributed by atoms with van der Waals surface area (Å²) in [7, 11) is 1.66. The summed E-state index contributed by atoms with van der Waals surface area (Å²) in [5.41, 5.74) is 4.45. The van der Waals surface area contributed by atoms with Crippen molar-refractivity contribution in [1.82, 2.24) is 14.9 Å². The van der Waals surface area contributed by atoms with Gasteiger partial charge in [-0.3, -0.25) is 4.79 Å². The summed E-state index contributed by atoms with van der Waals surface area (Å²) in [4.78, 5) is 25.2. The van der Waals surface area contributed by atoms with Crippen molar-refractivity contribution in [2.24, 2.45) is 0 Å². The van der Waals surface area contributed by atoms with Gasteiger partial charge in [0.25, 0.3) is 0 Å². The number of nitrogens with zero attached hydrogens (tertiary/aromatic N) is 5. The molecule has 1 aliphatic heterocycles. The summed E-state index contributed by atoms with van der Waals surface area (Å²) in [5, 5.41) is 13.9. The van der Waals surface area contributed by atoms with Crippen molar-refractivity contribution < 1.29 is 9.53 Å². The van der Waals surface area contributed by atoms with E-state index in [1.54, 1.807) is 14.0 Å². The molecule has 1 saturated heterocycles. The average molecular weight is 459 g/mol. The largest absolute Gasteiger partial charge is 0.495 e. The Morgan fingerprint density at radius 2 is 1.91 bits per heavy atom. The fourth-order valence-corrected chi connectivity index (χ4v) is 4.57. The van der Waals surface area contributed by atoms with Gasteiger partial charge in [0.1, 0.15) is 17.4 Å². The number of aryl methyl sites for hydroxylation is 1. The summed E-state index contributed by atoms with van der Waals surface area (Å²) >= 11 is 0. The monoisotopic (exact) mass is 458 g/mol. The number of carbonyl (C=O) groups is 1. The van der Waals surface area contributed by atoms with Gasteiger partial charge in [-0.25, -0.2) is 9.97 Å². The summed E-state index contributed by atoms with van der Waals surface area (Å²) in [6, 6.07) is 12.0. The normalized spacial score (nSPS) is 14.6. The van der Waals surface area contributed by atoms with Crippen LogP contribution in [0.15, 0.2) is 30.3 Å². The number of aromatic nitrogens is 2. The topological polar surface area (TPSA) is 94.4 Å². The van der Waals surface area contributed by atoms with E-state index in [-0.39, 0.29) is 11.9 Å².